The fourth-order valence-electron chi connectivity index (χ4n) is 4.20. The molecular formula is C25H31N3O4. The fourth-order valence-corrected chi connectivity index (χ4v) is 4.20. The number of ether oxygens (including phenoxy) is 4. The fraction of sp³-hybridized carbons (Fsp3) is 0.480. The van der Waals surface area contributed by atoms with E-state index in [0.717, 1.165) is 99.0 Å². The molecule has 0 unspecified atom stereocenters. The molecule has 0 atom stereocenters. The Labute approximate surface area is 188 Å². The van der Waals surface area contributed by atoms with Crippen LogP contribution in [0.15, 0.2) is 42.5 Å². The standard InChI is InChI=1S/C25H31N3O4/c1-3-22(31-15-9-27-5-11-29-12-6-27)18-24-20(1)17-21-2-4-23(19-25(21)26-24)32-16-10-28-7-13-30-14-8-28/h1-4,17-19H,5-16H2. The Hall–Kier alpha value is -2.45. The van der Waals surface area contributed by atoms with Gasteiger partial charge < -0.3 is 18.9 Å². The third-order valence-corrected chi connectivity index (χ3v) is 6.12. The molecule has 3 aromatic rings. The van der Waals surface area contributed by atoms with Crippen LogP contribution in [0, 0.1) is 0 Å². The number of morpholine rings is 2. The van der Waals surface area contributed by atoms with E-state index in [-0.39, 0.29) is 0 Å². The van der Waals surface area contributed by atoms with Gasteiger partial charge in [0.05, 0.1) is 37.5 Å². The normalized spacial score (nSPS) is 18.2. The molecule has 0 bridgehead atoms. The van der Waals surface area contributed by atoms with Crippen LogP contribution in [-0.4, -0.2) is 93.7 Å². The molecule has 0 radical (unpaired) electrons. The lowest BCUT2D eigenvalue weighted by molar-refractivity contribution is 0.0322. The van der Waals surface area contributed by atoms with E-state index in [1.165, 1.54) is 0 Å². The largest absolute Gasteiger partial charge is 0.492 e. The Kier molecular flexibility index (Phi) is 6.98. The molecule has 0 N–H and O–H groups in total. The van der Waals surface area contributed by atoms with Crippen LogP contribution >= 0.6 is 0 Å². The molecule has 2 saturated heterocycles. The Morgan fingerprint density at radius 2 is 1.12 bits per heavy atom. The summed E-state index contributed by atoms with van der Waals surface area (Å²) in [5.74, 6) is 1.71. The summed E-state index contributed by atoms with van der Waals surface area (Å²) >= 11 is 0. The number of aromatic nitrogens is 1. The van der Waals surface area contributed by atoms with Crippen molar-refractivity contribution in [2.24, 2.45) is 0 Å². The molecule has 2 aromatic carbocycles. The van der Waals surface area contributed by atoms with Crippen LogP contribution in [0.25, 0.3) is 21.8 Å². The van der Waals surface area contributed by atoms with E-state index in [2.05, 4.69) is 28.0 Å². The molecule has 7 nitrogen and oxygen atoms in total. The van der Waals surface area contributed by atoms with Crippen molar-refractivity contribution in [3.8, 4) is 11.5 Å². The van der Waals surface area contributed by atoms with Gasteiger partial charge in [-0.15, -0.1) is 0 Å². The third-order valence-electron chi connectivity index (χ3n) is 6.12. The van der Waals surface area contributed by atoms with Crippen LogP contribution in [0.2, 0.25) is 0 Å². The van der Waals surface area contributed by atoms with Gasteiger partial charge in [-0.3, -0.25) is 9.80 Å². The molecule has 32 heavy (non-hydrogen) atoms. The summed E-state index contributed by atoms with van der Waals surface area (Å²) in [4.78, 5) is 9.62. The van der Waals surface area contributed by atoms with Gasteiger partial charge in [0.2, 0.25) is 0 Å². The summed E-state index contributed by atoms with van der Waals surface area (Å²) in [5, 5.41) is 2.22. The van der Waals surface area contributed by atoms with Crippen LogP contribution in [0.1, 0.15) is 0 Å². The number of benzene rings is 2. The first-order chi connectivity index (χ1) is 15.8. The molecule has 1 aromatic heterocycles. The van der Waals surface area contributed by atoms with Crippen LogP contribution in [-0.2, 0) is 9.47 Å². The van der Waals surface area contributed by atoms with Crippen LogP contribution in [0.5, 0.6) is 11.5 Å². The Balaban J connectivity index is 1.22. The van der Waals surface area contributed by atoms with Crippen molar-refractivity contribution >= 4 is 21.8 Å². The maximum Gasteiger partial charge on any atom is 0.121 e. The Bertz CT molecular complexity index is 953. The van der Waals surface area contributed by atoms with Crippen LogP contribution in [0.4, 0.5) is 0 Å². The molecule has 5 rings (SSSR count). The zero-order valence-electron chi connectivity index (χ0n) is 18.5. The predicted molar refractivity (Wildman–Crippen MR) is 125 cm³/mol. The Morgan fingerprint density at radius 1 is 0.656 bits per heavy atom. The lowest BCUT2D eigenvalue weighted by Crippen LogP contribution is -2.38. The Morgan fingerprint density at radius 3 is 1.59 bits per heavy atom. The second kappa shape index (κ2) is 10.4. The maximum absolute atomic E-state index is 6.00. The van der Waals surface area contributed by atoms with E-state index in [1.807, 2.05) is 24.3 Å². The van der Waals surface area contributed by atoms with Gasteiger partial charge in [-0.05, 0) is 30.3 Å². The molecule has 0 aliphatic carbocycles. The van der Waals surface area contributed by atoms with E-state index >= 15 is 0 Å². The van der Waals surface area contributed by atoms with Crippen molar-refractivity contribution in [1.82, 2.24) is 14.8 Å². The van der Waals surface area contributed by atoms with Crippen molar-refractivity contribution in [1.29, 1.82) is 0 Å². The minimum atomic E-state index is 0.667. The molecule has 0 saturated carbocycles. The first-order valence-electron chi connectivity index (χ1n) is 11.5. The van der Waals surface area contributed by atoms with Gasteiger partial charge in [0.1, 0.15) is 24.7 Å². The summed E-state index contributed by atoms with van der Waals surface area (Å²) in [7, 11) is 0. The highest BCUT2D eigenvalue weighted by molar-refractivity contribution is 5.93. The summed E-state index contributed by atoms with van der Waals surface area (Å²) in [5.41, 5.74) is 1.87. The minimum absolute atomic E-state index is 0.667. The number of hydrogen-bond donors (Lipinski definition) is 0. The van der Waals surface area contributed by atoms with E-state index in [4.69, 9.17) is 23.9 Å². The predicted octanol–water partition coefficient (Wildman–Crippen LogP) is 2.81. The van der Waals surface area contributed by atoms with Crippen molar-refractivity contribution < 1.29 is 18.9 Å². The molecule has 2 fully saturated rings. The molecule has 0 spiro atoms. The molecule has 170 valence electrons. The molecule has 3 heterocycles. The third kappa shape index (κ3) is 5.48. The highest BCUT2D eigenvalue weighted by Gasteiger charge is 2.11. The van der Waals surface area contributed by atoms with E-state index in [9.17, 15) is 0 Å². The van der Waals surface area contributed by atoms with Crippen LogP contribution in [0.3, 0.4) is 0 Å². The molecule has 2 aliphatic rings. The highest BCUT2D eigenvalue weighted by atomic mass is 16.5. The SMILES string of the molecule is c1cc2cc3ccc(OCCN4CCOCC4)cc3nc2cc1OCCN1CCOCC1. The highest BCUT2D eigenvalue weighted by Crippen LogP contribution is 2.26. The van der Waals surface area contributed by atoms with Gasteiger partial charge in [0.25, 0.3) is 0 Å². The summed E-state index contributed by atoms with van der Waals surface area (Å²) in [6, 6.07) is 14.4. The van der Waals surface area contributed by atoms with Gasteiger partial charge in [-0.2, -0.15) is 0 Å². The second-order valence-electron chi connectivity index (χ2n) is 8.30. The lowest BCUT2D eigenvalue weighted by Gasteiger charge is -2.26. The quantitative estimate of drug-likeness (QED) is 0.502. The van der Waals surface area contributed by atoms with Crippen LogP contribution < -0.4 is 9.47 Å². The number of rotatable bonds is 8. The lowest BCUT2D eigenvalue weighted by atomic mass is 10.1. The zero-order valence-corrected chi connectivity index (χ0v) is 18.5. The molecule has 2 aliphatic heterocycles. The van der Waals surface area contributed by atoms with Gasteiger partial charge in [0.15, 0.2) is 0 Å². The monoisotopic (exact) mass is 437 g/mol. The average Bonchev–Trinajstić information content (AvgIpc) is 2.84. The van der Waals surface area contributed by atoms with Gasteiger partial charge in [0, 0.05) is 62.2 Å². The summed E-state index contributed by atoms with van der Waals surface area (Å²) in [6.07, 6.45) is 0. The minimum Gasteiger partial charge on any atom is -0.492 e. The number of fused-ring (bicyclic) bond motifs is 2. The first kappa shape index (κ1) is 21.4. The number of hydrogen-bond acceptors (Lipinski definition) is 7. The van der Waals surface area contributed by atoms with Crippen molar-refractivity contribution in [3.63, 3.8) is 0 Å². The smallest absolute Gasteiger partial charge is 0.121 e. The molecular weight excluding hydrogens is 406 g/mol. The van der Waals surface area contributed by atoms with E-state index in [1.54, 1.807) is 0 Å². The van der Waals surface area contributed by atoms with Gasteiger partial charge >= 0.3 is 0 Å². The van der Waals surface area contributed by atoms with Gasteiger partial charge in [-0.25, -0.2) is 4.98 Å². The van der Waals surface area contributed by atoms with Crippen molar-refractivity contribution in [2.75, 3.05) is 78.9 Å². The van der Waals surface area contributed by atoms with Gasteiger partial charge in [-0.1, -0.05) is 0 Å². The van der Waals surface area contributed by atoms with Crippen molar-refractivity contribution in [3.05, 3.63) is 42.5 Å². The van der Waals surface area contributed by atoms with Crippen molar-refractivity contribution in [2.45, 2.75) is 0 Å². The summed E-state index contributed by atoms with van der Waals surface area (Å²) in [6.45, 7) is 10.3. The topological polar surface area (TPSA) is 56.3 Å². The maximum atomic E-state index is 6.00. The van der Waals surface area contributed by atoms with E-state index in [0.29, 0.717) is 13.2 Å². The molecule has 7 heteroatoms. The van der Waals surface area contributed by atoms with E-state index < -0.39 is 0 Å². The number of pyridine rings is 1. The number of nitrogens with zero attached hydrogens (tertiary/aromatic N) is 3. The zero-order chi connectivity index (χ0) is 21.6. The molecule has 0 amide bonds. The first-order valence-corrected chi connectivity index (χ1v) is 11.5. The second-order valence-corrected chi connectivity index (χ2v) is 8.30. The summed E-state index contributed by atoms with van der Waals surface area (Å²) < 4.78 is 22.8. The average molecular weight is 438 g/mol.